The second-order valence-electron chi connectivity index (χ2n) is 16.4. The fourth-order valence-corrected chi connectivity index (χ4v) is 11.3. The predicted octanol–water partition coefficient (Wildman–Crippen LogP) is 11.1. The Morgan fingerprint density at radius 2 is 1.59 bits per heavy atom. The number of carbonyl (C=O) groups is 1. The van der Waals surface area contributed by atoms with Gasteiger partial charge < -0.3 is 4.74 Å². The van der Waals surface area contributed by atoms with Crippen molar-refractivity contribution >= 4 is 11.9 Å². The minimum atomic E-state index is -0.353. The molecule has 4 nitrogen and oxygen atoms in total. The summed E-state index contributed by atoms with van der Waals surface area (Å²) < 4.78 is 5.50. The van der Waals surface area contributed by atoms with E-state index in [0.717, 1.165) is 65.2 Å². The average molecular weight is 627 g/mol. The van der Waals surface area contributed by atoms with Crippen LogP contribution in [-0.2, 0) is 4.89 Å². The molecule has 0 amide bonds. The smallest absolute Gasteiger partial charge is 0.185 e. The largest absolute Gasteiger partial charge is 0.494 e. The Hall–Kier alpha value is -2.43. The summed E-state index contributed by atoms with van der Waals surface area (Å²) in [6.45, 7) is 15.3. The Balaban J connectivity index is 1.09. The molecule has 4 aliphatic carbocycles. The maximum absolute atomic E-state index is 12.9. The molecule has 4 heteroatoms. The maximum Gasteiger partial charge on any atom is 0.185 e. The Bertz CT molecular complexity index is 1360. The van der Waals surface area contributed by atoms with Gasteiger partial charge in [0.1, 0.15) is 11.9 Å². The summed E-state index contributed by atoms with van der Waals surface area (Å²) >= 11 is 0. The van der Waals surface area contributed by atoms with E-state index in [2.05, 4.69) is 34.6 Å². The number of hydrogen-bond donors (Lipinski definition) is 1. The van der Waals surface area contributed by atoms with Crippen LogP contribution in [0, 0.1) is 58.2 Å². The highest BCUT2D eigenvalue weighted by atomic mass is 17.1. The third-order valence-electron chi connectivity index (χ3n) is 14.1. The number of rotatable bonds is 10. The van der Waals surface area contributed by atoms with Gasteiger partial charge in [-0.25, -0.2) is 4.89 Å². The normalized spacial score (nSPS) is 35.3. The van der Waals surface area contributed by atoms with E-state index < -0.39 is 0 Å². The summed E-state index contributed by atoms with van der Waals surface area (Å²) in [6, 6.07) is 15.4. The lowest BCUT2D eigenvalue weighted by atomic mass is 9.43. The van der Waals surface area contributed by atoms with Crippen LogP contribution < -0.4 is 4.74 Å². The molecule has 0 aromatic heterocycles. The Labute approximate surface area is 278 Å². The fourth-order valence-electron chi connectivity index (χ4n) is 11.3. The van der Waals surface area contributed by atoms with Gasteiger partial charge >= 0.3 is 0 Å². The lowest BCUT2D eigenvalue weighted by Gasteiger charge is -2.61. The zero-order valence-electron chi connectivity index (χ0n) is 29.2. The van der Waals surface area contributed by atoms with Crippen molar-refractivity contribution in [2.45, 2.75) is 105 Å². The summed E-state index contributed by atoms with van der Waals surface area (Å²) in [6.07, 6.45) is 14.9. The highest BCUT2D eigenvalue weighted by Gasteiger charge is 2.61. The molecule has 4 saturated carbocycles. The second kappa shape index (κ2) is 13.6. The van der Waals surface area contributed by atoms with Crippen molar-refractivity contribution < 1.29 is 19.7 Å². The minimum absolute atomic E-state index is 0.0390. The molecule has 0 heterocycles. The van der Waals surface area contributed by atoms with Crippen LogP contribution in [0.3, 0.4) is 0 Å². The molecule has 4 fully saturated rings. The van der Waals surface area contributed by atoms with Crippen LogP contribution in [0.4, 0.5) is 0 Å². The van der Waals surface area contributed by atoms with E-state index in [1.807, 2.05) is 61.5 Å². The molecule has 2 aromatic carbocycles. The third-order valence-corrected chi connectivity index (χ3v) is 14.1. The van der Waals surface area contributed by atoms with Gasteiger partial charge in [-0.1, -0.05) is 77.1 Å². The van der Waals surface area contributed by atoms with Gasteiger partial charge in [-0.05, 0) is 152 Å². The number of fused-ring (bicyclic) bond motifs is 5. The fraction of sp³-hybridized carbons (Fsp3) is 0.643. The number of carbonyl (C=O) groups excluding carboxylic acids is 1. The molecular weight excluding hydrogens is 568 g/mol. The molecule has 10 atom stereocenters. The van der Waals surface area contributed by atoms with E-state index >= 15 is 0 Å². The predicted molar refractivity (Wildman–Crippen MR) is 187 cm³/mol. The molecule has 6 rings (SSSR count). The number of benzene rings is 2. The zero-order valence-corrected chi connectivity index (χ0v) is 29.2. The molecule has 10 unspecified atom stereocenters. The third kappa shape index (κ3) is 6.14. The molecule has 46 heavy (non-hydrogen) atoms. The van der Waals surface area contributed by atoms with Crippen LogP contribution in [0.25, 0.3) is 6.08 Å². The summed E-state index contributed by atoms with van der Waals surface area (Å²) in [4.78, 5) is 18.2. The SMILES string of the molecule is CCOc1ccc(/C=C/C(=O)c2ccc(C(OO)C3CCC4(C)C(CCC5C4CCC4(C)C(C(C)C(C)C)CCC54)C3)cc2)cc1. The van der Waals surface area contributed by atoms with Crippen LogP contribution in [0.2, 0.25) is 0 Å². The van der Waals surface area contributed by atoms with Crippen molar-refractivity contribution in [3.63, 3.8) is 0 Å². The van der Waals surface area contributed by atoms with E-state index in [1.165, 1.54) is 44.9 Å². The molecule has 0 spiro atoms. The molecular formula is C42H58O4. The van der Waals surface area contributed by atoms with Gasteiger partial charge in [0.25, 0.3) is 0 Å². The van der Waals surface area contributed by atoms with Crippen LogP contribution in [0.5, 0.6) is 5.75 Å². The van der Waals surface area contributed by atoms with E-state index in [0.29, 0.717) is 28.9 Å². The van der Waals surface area contributed by atoms with Gasteiger partial charge in [-0.15, -0.1) is 0 Å². The summed E-state index contributed by atoms with van der Waals surface area (Å²) in [5, 5.41) is 10.2. The highest BCUT2D eigenvalue weighted by Crippen LogP contribution is 2.69. The van der Waals surface area contributed by atoms with E-state index in [4.69, 9.17) is 9.62 Å². The van der Waals surface area contributed by atoms with Crippen molar-refractivity contribution in [2.24, 2.45) is 58.2 Å². The van der Waals surface area contributed by atoms with Crippen molar-refractivity contribution in [3.05, 3.63) is 71.3 Å². The number of allylic oxidation sites excluding steroid dienone is 1. The van der Waals surface area contributed by atoms with Gasteiger partial charge in [0.2, 0.25) is 0 Å². The standard InChI is InChI=1S/C42H58O4/c1-7-45-34-16-8-29(9-17-34)10-21-39(43)30-11-13-31(14-12-30)40(46-44)32-22-24-41(5)33(26-32)15-18-35-37-20-19-36(28(4)27(2)3)42(37,6)25-23-38(35)41/h8-14,16-17,21,27-28,32-33,35-38,40,44H,7,15,18-20,22-26H2,1-6H3/b21-10+. The second-order valence-corrected chi connectivity index (χ2v) is 16.4. The molecule has 0 bridgehead atoms. The van der Waals surface area contributed by atoms with E-state index in [9.17, 15) is 10.1 Å². The lowest BCUT2D eigenvalue weighted by Crippen LogP contribution is -2.54. The number of ketones is 1. The van der Waals surface area contributed by atoms with E-state index in [-0.39, 0.29) is 17.8 Å². The number of ether oxygens (including phenoxy) is 1. The molecule has 0 saturated heterocycles. The van der Waals surface area contributed by atoms with Gasteiger partial charge in [0.05, 0.1) is 6.61 Å². The monoisotopic (exact) mass is 626 g/mol. The number of hydrogen-bond acceptors (Lipinski definition) is 4. The Morgan fingerprint density at radius 3 is 2.26 bits per heavy atom. The summed E-state index contributed by atoms with van der Waals surface area (Å²) in [7, 11) is 0. The maximum atomic E-state index is 12.9. The van der Waals surface area contributed by atoms with Crippen molar-refractivity contribution in [2.75, 3.05) is 6.61 Å². The van der Waals surface area contributed by atoms with Gasteiger partial charge in [0, 0.05) is 5.56 Å². The zero-order chi connectivity index (χ0) is 32.6. The Morgan fingerprint density at radius 1 is 0.891 bits per heavy atom. The Kier molecular flexibility index (Phi) is 9.89. The first-order valence-corrected chi connectivity index (χ1v) is 18.4. The van der Waals surface area contributed by atoms with Crippen molar-refractivity contribution in [1.29, 1.82) is 0 Å². The van der Waals surface area contributed by atoms with Crippen LogP contribution in [0.15, 0.2) is 54.6 Å². The average Bonchev–Trinajstić information content (AvgIpc) is 3.41. The van der Waals surface area contributed by atoms with Crippen LogP contribution >= 0.6 is 0 Å². The first-order chi connectivity index (χ1) is 22.1. The van der Waals surface area contributed by atoms with Crippen molar-refractivity contribution in [3.8, 4) is 5.75 Å². The van der Waals surface area contributed by atoms with Gasteiger partial charge in [0.15, 0.2) is 5.78 Å². The molecule has 2 aromatic rings. The summed E-state index contributed by atoms with van der Waals surface area (Å²) in [5.74, 6) is 6.87. The molecule has 0 radical (unpaired) electrons. The van der Waals surface area contributed by atoms with Gasteiger partial charge in [-0.2, -0.15) is 0 Å². The van der Waals surface area contributed by atoms with Crippen LogP contribution in [0.1, 0.15) is 127 Å². The van der Waals surface area contributed by atoms with Gasteiger partial charge in [-0.3, -0.25) is 10.1 Å². The molecule has 250 valence electrons. The van der Waals surface area contributed by atoms with E-state index in [1.54, 1.807) is 6.08 Å². The first-order valence-electron chi connectivity index (χ1n) is 18.4. The van der Waals surface area contributed by atoms with Crippen LogP contribution in [-0.4, -0.2) is 17.6 Å². The lowest BCUT2D eigenvalue weighted by molar-refractivity contribution is -0.299. The molecule has 0 aliphatic heterocycles. The molecule has 1 N–H and O–H groups in total. The summed E-state index contributed by atoms with van der Waals surface area (Å²) in [5.41, 5.74) is 3.48. The molecule has 4 aliphatic rings. The quantitative estimate of drug-likeness (QED) is 0.123. The highest BCUT2D eigenvalue weighted by molar-refractivity contribution is 6.06. The minimum Gasteiger partial charge on any atom is -0.494 e. The first kappa shape index (κ1) is 33.5. The van der Waals surface area contributed by atoms with Crippen molar-refractivity contribution in [1.82, 2.24) is 0 Å². The topological polar surface area (TPSA) is 55.8 Å².